The molecule has 0 aliphatic heterocycles. The van der Waals surface area contributed by atoms with Gasteiger partial charge >= 0.3 is 0 Å². The van der Waals surface area contributed by atoms with Gasteiger partial charge in [-0.25, -0.2) is 0 Å². The van der Waals surface area contributed by atoms with Gasteiger partial charge in [-0.1, -0.05) is 29.4 Å². The smallest absolute Gasteiger partial charge is 0.223 e. The van der Waals surface area contributed by atoms with E-state index in [2.05, 4.69) is 51.7 Å². The molecule has 0 saturated heterocycles. The van der Waals surface area contributed by atoms with Gasteiger partial charge in [0.15, 0.2) is 11.8 Å². The Hall–Kier alpha value is -1.64. The molecular weight excluding hydrogens is 393 g/mol. The van der Waals surface area contributed by atoms with Crippen molar-refractivity contribution in [3.63, 3.8) is 0 Å². The molecule has 2 rings (SSSR count). The van der Waals surface area contributed by atoms with Gasteiger partial charge < -0.3 is 15.2 Å². The topological polar surface area (TPSA) is 75.3 Å². The van der Waals surface area contributed by atoms with Crippen LogP contribution in [-0.4, -0.2) is 23.1 Å². The van der Waals surface area contributed by atoms with Crippen molar-refractivity contribution in [2.45, 2.75) is 33.4 Å². The molecule has 1 aromatic heterocycles. The average Bonchev–Trinajstić information content (AvgIpc) is 2.89. The number of nitrogens with one attached hydrogen (secondary N) is 2. The summed E-state index contributed by atoms with van der Waals surface area (Å²) in [7, 11) is 1.74. The second kappa shape index (κ2) is 8.72. The Morgan fingerprint density at radius 2 is 2.05 bits per heavy atom. The van der Waals surface area contributed by atoms with E-state index in [1.807, 2.05) is 12.1 Å². The molecule has 1 heterocycles. The summed E-state index contributed by atoms with van der Waals surface area (Å²) in [6, 6.07) is 8.45. The number of guanidine groups is 1. The summed E-state index contributed by atoms with van der Waals surface area (Å²) in [5.74, 6) is 1.87. The van der Waals surface area contributed by atoms with Crippen LogP contribution in [0, 0.1) is 13.8 Å². The molecule has 1 unspecified atom stereocenters. The molecule has 0 bridgehead atoms. The van der Waals surface area contributed by atoms with Crippen LogP contribution in [0.15, 0.2) is 33.8 Å². The maximum atomic E-state index is 4.94. The standard InChI is InChI=1S/C15H21N5O.HI/c1-10-7-5-6-8-13(10)11(2)18-15(16-4)17-9-14-19-12(3)21-20-14;/h5-8,11H,9H2,1-4H3,(H2,16,17,18);1H. The number of aliphatic imine (C=N–C) groups is 1. The number of rotatable bonds is 4. The summed E-state index contributed by atoms with van der Waals surface area (Å²) in [6.07, 6.45) is 0. The van der Waals surface area contributed by atoms with E-state index in [0.717, 1.165) is 0 Å². The van der Waals surface area contributed by atoms with Crippen LogP contribution >= 0.6 is 24.0 Å². The van der Waals surface area contributed by atoms with Crippen LogP contribution in [0.3, 0.4) is 0 Å². The van der Waals surface area contributed by atoms with Crippen LogP contribution in [0.25, 0.3) is 0 Å². The third-order valence-corrected chi connectivity index (χ3v) is 3.22. The molecule has 0 aliphatic rings. The first kappa shape index (κ1) is 18.4. The highest BCUT2D eigenvalue weighted by Crippen LogP contribution is 2.16. The minimum absolute atomic E-state index is 0. The Bertz CT molecular complexity index is 626. The van der Waals surface area contributed by atoms with Crippen molar-refractivity contribution in [1.29, 1.82) is 0 Å². The van der Waals surface area contributed by atoms with Gasteiger partial charge in [-0.2, -0.15) is 4.98 Å². The maximum absolute atomic E-state index is 4.94. The van der Waals surface area contributed by atoms with E-state index in [-0.39, 0.29) is 30.0 Å². The van der Waals surface area contributed by atoms with E-state index in [0.29, 0.717) is 24.2 Å². The molecular formula is C15H22IN5O. The van der Waals surface area contributed by atoms with Gasteiger partial charge in [0.05, 0.1) is 12.6 Å². The van der Waals surface area contributed by atoms with E-state index in [1.165, 1.54) is 11.1 Å². The Labute approximate surface area is 147 Å². The Morgan fingerprint density at radius 1 is 1.32 bits per heavy atom. The first-order chi connectivity index (χ1) is 10.1. The summed E-state index contributed by atoms with van der Waals surface area (Å²) in [5, 5.41) is 10.4. The fourth-order valence-corrected chi connectivity index (χ4v) is 2.13. The molecule has 0 spiro atoms. The van der Waals surface area contributed by atoms with Crippen LogP contribution in [0.1, 0.15) is 35.8 Å². The Kier molecular flexibility index (Phi) is 7.30. The van der Waals surface area contributed by atoms with Gasteiger partial charge in [-0.3, -0.25) is 4.99 Å². The van der Waals surface area contributed by atoms with Crippen LogP contribution in [0.4, 0.5) is 0 Å². The van der Waals surface area contributed by atoms with Gasteiger partial charge in [0.25, 0.3) is 0 Å². The van der Waals surface area contributed by atoms with E-state index < -0.39 is 0 Å². The van der Waals surface area contributed by atoms with E-state index in [4.69, 9.17) is 4.52 Å². The lowest BCUT2D eigenvalue weighted by Crippen LogP contribution is -2.38. The predicted octanol–water partition coefficient (Wildman–Crippen LogP) is 2.73. The highest BCUT2D eigenvalue weighted by atomic mass is 127. The zero-order valence-electron chi connectivity index (χ0n) is 13.3. The van der Waals surface area contributed by atoms with Crippen molar-refractivity contribution in [2.24, 2.45) is 4.99 Å². The van der Waals surface area contributed by atoms with Crippen LogP contribution < -0.4 is 10.6 Å². The number of hydrogen-bond donors (Lipinski definition) is 2. The predicted molar refractivity (Wildman–Crippen MR) is 97.4 cm³/mol. The lowest BCUT2D eigenvalue weighted by molar-refractivity contribution is 0.386. The molecule has 0 saturated carbocycles. The summed E-state index contributed by atoms with van der Waals surface area (Å²) in [4.78, 5) is 8.36. The summed E-state index contributed by atoms with van der Waals surface area (Å²) in [6.45, 7) is 6.45. The molecule has 6 nitrogen and oxygen atoms in total. The molecule has 2 N–H and O–H groups in total. The number of hydrogen-bond acceptors (Lipinski definition) is 4. The highest BCUT2D eigenvalue weighted by Gasteiger charge is 2.10. The third kappa shape index (κ3) is 4.97. The molecule has 2 aromatic rings. The summed E-state index contributed by atoms with van der Waals surface area (Å²) < 4.78 is 4.94. The molecule has 0 radical (unpaired) electrons. The van der Waals surface area contributed by atoms with E-state index in [9.17, 15) is 0 Å². The maximum Gasteiger partial charge on any atom is 0.223 e. The zero-order valence-corrected chi connectivity index (χ0v) is 15.6. The van der Waals surface area contributed by atoms with Crippen LogP contribution in [0.5, 0.6) is 0 Å². The normalized spacial score (nSPS) is 12.5. The molecule has 0 aliphatic carbocycles. The van der Waals surface area contributed by atoms with E-state index in [1.54, 1.807) is 14.0 Å². The molecule has 22 heavy (non-hydrogen) atoms. The second-order valence-corrected chi connectivity index (χ2v) is 4.88. The van der Waals surface area contributed by atoms with Gasteiger partial charge in [0.2, 0.25) is 5.89 Å². The molecule has 1 aromatic carbocycles. The largest absolute Gasteiger partial charge is 0.350 e. The highest BCUT2D eigenvalue weighted by molar-refractivity contribution is 14.0. The minimum Gasteiger partial charge on any atom is -0.350 e. The van der Waals surface area contributed by atoms with Crippen molar-refractivity contribution >= 4 is 29.9 Å². The van der Waals surface area contributed by atoms with Gasteiger partial charge in [0, 0.05) is 14.0 Å². The number of aryl methyl sites for hydroxylation is 2. The minimum atomic E-state index is 0. The van der Waals surface area contributed by atoms with Crippen molar-refractivity contribution in [3.05, 3.63) is 47.1 Å². The lowest BCUT2D eigenvalue weighted by atomic mass is 10.0. The van der Waals surface area contributed by atoms with Crippen molar-refractivity contribution < 1.29 is 4.52 Å². The van der Waals surface area contributed by atoms with Gasteiger partial charge in [0.1, 0.15) is 0 Å². The molecule has 1 atom stereocenters. The first-order valence-corrected chi connectivity index (χ1v) is 6.92. The van der Waals surface area contributed by atoms with Gasteiger partial charge in [-0.05, 0) is 25.0 Å². The fraction of sp³-hybridized carbons (Fsp3) is 0.400. The van der Waals surface area contributed by atoms with Crippen molar-refractivity contribution in [1.82, 2.24) is 20.8 Å². The number of halogens is 1. The molecule has 0 amide bonds. The van der Waals surface area contributed by atoms with Crippen molar-refractivity contribution in [3.8, 4) is 0 Å². The lowest BCUT2D eigenvalue weighted by Gasteiger charge is -2.19. The fourth-order valence-electron chi connectivity index (χ4n) is 2.13. The zero-order chi connectivity index (χ0) is 15.2. The first-order valence-electron chi connectivity index (χ1n) is 6.92. The number of aromatic nitrogens is 2. The average molecular weight is 415 g/mol. The number of benzene rings is 1. The number of nitrogens with zero attached hydrogens (tertiary/aromatic N) is 3. The summed E-state index contributed by atoms with van der Waals surface area (Å²) in [5.41, 5.74) is 2.50. The van der Waals surface area contributed by atoms with Gasteiger partial charge in [-0.15, -0.1) is 24.0 Å². The monoisotopic (exact) mass is 415 g/mol. The van der Waals surface area contributed by atoms with Crippen molar-refractivity contribution in [2.75, 3.05) is 7.05 Å². The summed E-state index contributed by atoms with van der Waals surface area (Å²) >= 11 is 0. The molecule has 0 fully saturated rings. The molecule has 120 valence electrons. The second-order valence-electron chi connectivity index (χ2n) is 4.88. The Morgan fingerprint density at radius 3 is 2.64 bits per heavy atom. The quantitative estimate of drug-likeness (QED) is 0.457. The van der Waals surface area contributed by atoms with E-state index >= 15 is 0 Å². The van der Waals surface area contributed by atoms with Crippen LogP contribution in [-0.2, 0) is 6.54 Å². The Balaban J connectivity index is 0.00000242. The van der Waals surface area contributed by atoms with Crippen LogP contribution in [0.2, 0.25) is 0 Å². The SMILES string of the molecule is CN=C(NCc1noc(C)n1)NC(C)c1ccccc1C.I. The third-order valence-electron chi connectivity index (χ3n) is 3.22. The molecule has 7 heteroatoms.